The van der Waals surface area contributed by atoms with Crippen LogP contribution in [0.15, 0.2) is 0 Å². The van der Waals surface area contributed by atoms with Gasteiger partial charge in [-0.15, -0.1) is 0 Å². The molecule has 122 valence electrons. The molecule has 0 bridgehead atoms. The van der Waals surface area contributed by atoms with Crippen LogP contribution in [-0.2, 0) is 14.2 Å². The fourth-order valence-corrected chi connectivity index (χ4v) is 4.33. The first kappa shape index (κ1) is 15.7. The van der Waals surface area contributed by atoms with Crippen LogP contribution in [0.4, 0.5) is 0 Å². The second-order valence-electron chi connectivity index (χ2n) is 6.98. The average Bonchev–Trinajstić information content (AvgIpc) is 2.96. The Labute approximate surface area is 128 Å². The fraction of sp³-hybridized carbons (Fsp3) is 1.00. The van der Waals surface area contributed by atoms with Crippen LogP contribution in [0.25, 0.3) is 0 Å². The third-order valence-electron chi connectivity index (χ3n) is 5.66. The molecule has 4 atom stereocenters. The predicted molar refractivity (Wildman–Crippen MR) is 82.2 cm³/mol. The lowest BCUT2D eigenvalue weighted by Crippen LogP contribution is -2.52. The average molecular weight is 297 g/mol. The molecule has 1 spiro atoms. The standard InChI is InChI=1S/C17H31NO3/c1-3-13-5-4-6-14(11-13)21-16-12-17(19-9-10-20-17)8-7-15(16)18-2/h13-16,18H,3-12H2,1-2H3. The van der Waals surface area contributed by atoms with E-state index in [9.17, 15) is 0 Å². The van der Waals surface area contributed by atoms with E-state index in [1.54, 1.807) is 0 Å². The molecule has 2 saturated carbocycles. The summed E-state index contributed by atoms with van der Waals surface area (Å²) in [6.45, 7) is 3.77. The van der Waals surface area contributed by atoms with Crippen molar-refractivity contribution in [2.24, 2.45) is 5.92 Å². The van der Waals surface area contributed by atoms with Crippen LogP contribution in [-0.4, -0.2) is 44.3 Å². The van der Waals surface area contributed by atoms with E-state index >= 15 is 0 Å². The SMILES string of the molecule is CCC1CCCC(OC2CC3(CCC2NC)OCCO3)C1. The van der Waals surface area contributed by atoms with Crippen LogP contribution in [0.1, 0.15) is 58.3 Å². The van der Waals surface area contributed by atoms with Gasteiger partial charge in [-0.25, -0.2) is 0 Å². The first-order valence-corrected chi connectivity index (χ1v) is 8.85. The smallest absolute Gasteiger partial charge is 0.171 e. The minimum atomic E-state index is -0.350. The molecule has 3 fully saturated rings. The Morgan fingerprint density at radius 1 is 1.19 bits per heavy atom. The second kappa shape index (κ2) is 6.95. The minimum absolute atomic E-state index is 0.224. The zero-order chi connectivity index (χ0) is 14.7. The fourth-order valence-electron chi connectivity index (χ4n) is 4.33. The van der Waals surface area contributed by atoms with Crippen LogP contribution in [0.5, 0.6) is 0 Å². The normalized spacial score (nSPS) is 39.7. The third-order valence-corrected chi connectivity index (χ3v) is 5.66. The van der Waals surface area contributed by atoms with Gasteiger partial charge in [0.15, 0.2) is 5.79 Å². The highest BCUT2D eigenvalue weighted by Gasteiger charge is 2.46. The Morgan fingerprint density at radius 3 is 2.71 bits per heavy atom. The first-order chi connectivity index (χ1) is 10.2. The van der Waals surface area contributed by atoms with Crippen molar-refractivity contribution in [1.82, 2.24) is 5.32 Å². The Morgan fingerprint density at radius 2 is 2.00 bits per heavy atom. The van der Waals surface area contributed by atoms with E-state index in [1.807, 2.05) is 7.05 Å². The van der Waals surface area contributed by atoms with Gasteiger partial charge in [0.05, 0.1) is 25.4 Å². The molecule has 0 aromatic rings. The maximum atomic E-state index is 6.53. The number of ether oxygens (including phenoxy) is 3. The van der Waals surface area contributed by atoms with E-state index in [1.165, 1.54) is 32.1 Å². The maximum Gasteiger partial charge on any atom is 0.171 e. The molecule has 0 aromatic carbocycles. The molecule has 0 amide bonds. The molecule has 0 aromatic heterocycles. The summed E-state index contributed by atoms with van der Waals surface area (Å²) >= 11 is 0. The number of hydrogen-bond donors (Lipinski definition) is 1. The van der Waals surface area contributed by atoms with Crippen LogP contribution < -0.4 is 5.32 Å². The molecule has 4 heteroatoms. The molecule has 0 radical (unpaired) electrons. The zero-order valence-electron chi connectivity index (χ0n) is 13.6. The van der Waals surface area contributed by atoms with Crippen molar-refractivity contribution >= 4 is 0 Å². The largest absolute Gasteiger partial charge is 0.373 e. The van der Waals surface area contributed by atoms with Gasteiger partial charge >= 0.3 is 0 Å². The lowest BCUT2D eigenvalue weighted by atomic mass is 9.84. The summed E-state index contributed by atoms with van der Waals surface area (Å²) in [5.41, 5.74) is 0. The van der Waals surface area contributed by atoms with Crippen molar-refractivity contribution in [1.29, 1.82) is 0 Å². The summed E-state index contributed by atoms with van der Waals surface area (Å²) in [6, 6.07) is 0.436. The second-order valence-corrected chi connectivity index (χ2v) is 6.98. The van der Waals surface area contributed by atoms with Gasteiger partial charge < -0.3 is 19.5 Å². The molecule has 2 aliphatic carbocycles. The molecule has 1 aliphatic heterocycles. The van der Waals surface area contributed by atoms with E-state index in [2.05, 4.69) is 12.2 Å². The number of hydrogen-bond acceptors (Lipinski definition) is 4. The van der Waals surface area contributed by atoms with Gasteiger partial charge in [0.1, 0.15) is 0 Å². The summed E-state index contributed by atoms with van der Waals surface area (Å²) in [7, 11) is 2.05. The van der Waals surface area contributed by atoms with Crippen molar-refractivity contribution in [2.45, 2.75) is 82.3 Å². The molecular formula is C17H31NO3. The van der Waals surface area contributed by atoms with Crippen molar-refractivity contribution in [3.8, 4) is 0 Å². The van der Waals surface area contributed by atoms with E-state index < -0.39 is 0 Å². The molecule has 1 heterocycles. The lowest BCUT2D eigenvalue weighted by molar-refractivity contribution is -0.214. The Hall–Kier alpha value is -0.160. The number of nitrogens with one attached hydrogen (secondary N) is 1. The van der Waals surface area contributed by atoms with Crippen LogP contribution in [0, 0.1) is 5.92 Å². The van der Waals surface area contributed by atoms with Crippen LogP contribution in [0.2, 0.25) is 0 Å². The van der Waals surface area contributed by atoms with Crippen molar-refractivity contribution in [3.63, 3.8) is 0 Å². The molecule has 1 saturated heterocycles. The van der Waals surface area contributed by atoms with Gasteiger partial charge in [-0.1, -0.05) is 26.2 Å². The number of likely N-dealkylation sites (N-methyl/N-ethyl adjacent to an activating group) is 1. The topological polar surface area (TPSA) is 39.7 Å². The Bertz CT molecular complexity index is 330. The highest BCUT2D eigenvalue weighted by Crippen LogP contribution is 2.39. The van der Waals surface area contributed by atoms with Crippen molar-refractivity contribution in [3.05, 3.63) is 0 Å². The van der Waals surface area contributed by atoms with E-state index in [4.69, 9.17) is 14.2 Å². The van der Waals surface area contributed by atoms with Crippen molar-refractivity contribution < 1.29 is 14.2 Å². The molecule has 3 rings (SSSR count). The molecule has 3 aliphatic rings. The molecular weight excluding hydrogens is 266 g/mol. The van der Waals surface area contributed by atoms with Gasteiger partial charge in [-0.05, 0) is 32.2 Å². The van der Waals surface area contributed by atoms with Crippen LogP contribution in [0.3, 0.4) is 0 Å². The third kappa shape index (κ3) is 3.61. The summed E-state index contributed by atoms with van der Waals surface area (Å²) < 4.78 is 18.3. The van der Waals surface area contributed by atoms with Gasteiger partial charge in [0.25, 0.3) is 0 Å². The van der Waals surface area contributed by atoms with Gasteiger partial charge in [-0.3, -0.25) is 0 Å². The lowest BCUT2D eigenvalue weighted by Gasteiger charge is -2.43. The quantitative estimate of drug-likeness (QED) is 0.866. The van der Waals surface area contributed by atoms with E-state index in [0.29, 0.717) is 12.1 Å². The Balaban J connectivity index is 1.60. The summed E-state index contributed by atoms with van der Waals surface area (Å²) in [4.78, 5) is 0. The van der Waals surface area contributed by atoms with Gasteiger partial charge in [-0.2, -0.15) is 0 Å². The predicted octanol–water partition coefficient (Wildman–Crippen LogP) is 2.86. The zero-order valence-corrected chi connectivity index (χ0v) is 13.6. The van der Waals surface area contributed by atoms with Gasteiger partial charge in [0.2, 0.25) is 0 Å². The summed E-state index contributed by atoms with van der Waals surface area (Å²) in [5, 5.41) is 3.44. The van der Waals surface area contributed by atoms with E-state index in [-0.39, 0.29) is 11.9 Å². The first-order valence-electron chi connectivity index (χ1n) is 8.85. The van der Waals surface area contributed by atoms with Gasteiger partial charge in [0, 0.05) is 18.9 Å². The van der Waals surface area contributed by atoms with E-state index in [0.717, 1.165) is 38.4 Å². The van der Waals surface area contributed by atoms with Crippen molar-refractivity contribution in [2.75, 3.05) is 20.3 Å². The molecule has 1 N–H and O–H groups in total. The number of rotatable bonds is 4. The monoisotopic (exact) mass is 297 g/mol. The maximum absolute atomic E-state index is 6.53. The molecule has 21 heavy (non-hydrogen) atoms. The minimum Gasteiger partial charge on any atom is -0.373 e. The molecule has 4 nitrogen and oxygen atoms in total. The van der Waals surface area contributed by atoms with Crippen LogP contribution >= 0.6 is 0 Å². The summed E-state index contributed by atoms with van der Waals surface area (Å²) in [6.07, 6.45) is 10.0. The highest BCUT2D eigenvalue weighted by molar-refractivity contribution is 4.92. The molecule has 4 unspecified atom stereocenters. The highest BCUT2D eigenvalue weighted by atomic mass is 16.7. The summed E-state index contributed by atoms with van der Waals surface area (Å²) in [5.74, 6) is 0.505. The Kier molecular flexibility index (Phi) is 5.20.